The Kier molecular flexibility index (Phi) is 1.65. The van der Waals surface area contributed by atoms with E-state index in [9.17, 15) is 4.79 Å². The van der Waals surface area contributed by atoms with Crippen LogP contribution in [0.1, 0.15) is 16.1 Å². The molecule has 0 aliphatic heterocycles. The predicted octanol–water partition coefficient (Wildman–Crippen LogP) is 1.69. The number of rotatable bonds is 1. The lowest BCUT2D eigenvalue weighted by Crippen LogP contribution is -1.95. The maximum Gasteiger partial charge on any atom is 0.166 e. The molecule has 2 aromatic heterocycles. The number of hydrogen-bond donors (Lipinski definition) is 0. The number of aldehydes is 1. The van der Waals surface area contributed by atoms with Crippen LogP contribution in [0.15, 0.2) is 18.3 Å². The zero-order valence-corrected chi connectivity index (χ0v) is 7.61. The van der Waals surface area contributed by atoms with Crippen molar-refractivity contribution in [1.82, 2.24) is 9.55 Å². The number of fused-ring (bicyclic) bond motifs is 1. The third-order valence-corrected chi connectivity index (χ3v) is 2.37. The second kappa shape index (κ2) is 2.69. The van der Waals surface area contributed by atoms with E-state index in [1.54, 1.807) is 6.20 Å². The minimum Gasteiger partial charge on any atom is -0.326 e. The summed E-state index contributed by atoms with van der Waals surface area (Å²) in [5.41, 5.74) is 2.57. The molecule has 0 saturated heterocycles. The molecule has 0 spiro atoms. The normalized spacial score (nSPS) is 10.6. The van der Waals surface area contributed by atoms with Gasteiger partial charge in [-0.25, -0.2) is 4.98 Å². The maximum absolute atomic E-state index is 10.8. The number of carbonyl (C=O) groups is 1. The van der Waals surface area contributed by atoms with Gasteiger partial charge in [0.2, 0.25) is 0 Å². The van der Waals surface area contributed by atoms with Crippen LogP contribution in [0.2, 0.25) is 0 Å². The number of carbonyl (C=O) groups excluding carboxylic acids is 1. The van der Waals surface area contributed by atoms with Crippen molar-refractivity contribution in [2.24, 2.45) is 7.05 Å². The van der Waals surface area contributed by atoms with Gasteiger partial charge in [0.1, 0.15) is 5.65 Å². The highest BCUT2D eigenvalue weighted by Gasteiger charge is 2.10. The van der Waals surface area contributed by atoms with E-state index < -0.39 is 0 Å². The Morgan fingerprint density at radius 3 is 2.92 bits per heavy atom. The lowest BCUT2D eigenvalue weighted by atomic mass is 10.2. The third-order valence-electron chi connectivity index (χ3n) is 2.37. The Morgan fingerprint density at radius 2 is 2.31 bits per heavy atom. The van der Waals surface area contributed by atoms with Crippen LogP contribution < -0.4 is 0 Å². The smallest absolute Gasteiger partial charge is 0.166 e. The molecule has 0 aromatic carbocycles. The summed E-state index contributed by atoms with van der Waals surface area (Å²) in [6.45, 7) is 1.94. The largest absolute Gasteiger partial charge is 0.326 e. The molecule has 0 bridgehead atoms. The molecule has 0 radical (unpaired) electrons. The van der Waals surface area contributed by atoms with E-state index >= 15 is 0 Å². The minimum atomic E-state index is 0.703. The van der Waals surface area contributed by atoms with Crippen LogP contribution in [0.4, 0.5) is 0 Å². The summed E-state index contributed by atoms with van der Waals surface area (Å²) < 4.78 is 1.82. The molecule has 3 nitrogen and oxygen atoms in total. The lowest BCUT2D eigenvalue weighted by Gasteiger charge is -1.94. The Balaban J connectivity index is 2.96. The van der Waals surface area contributed by atoms with Crippen LogP contribution in [-0.4, -0.2) is 15.8 Å². The predicted molar refractivity (Wildman–Crippen MR) is 50.8 cm³/mol. The molecule has 2 aromatic rings. The van der Waals surface area contributed by atoms with Crippen LogP contribution >= 0.6 is 0 Å². The summed E-state index contributed by atoms with van der Waals surface area (Å²) in [6.07, 6.45) is 2.60. The van der Waals surface area contributed by atoms with Crippen LogP contribution in [-0.2, 0) is 7.05 Å². The monoisotopic (exact) mass is 174 g/mol. The first-order valence-electron chi connectivity index (χ1n) is 4.11. The number of pyridine rings is 1. The summed E-state index contributed by atoms with van der Waals surface area (Å²) in [5.74, 6) is 0. The highest BCUT2D eigenvalue weighted by Crippen LogP contribution is 2.20. The number of nitrogens with zero attached hydrogens (tertiary/aromatic N) is 2. The second-order valence-corrected chi connectivity index (χ2v) is 3.06. The fourth-order valence-electron chi connectivity index (χ4n) is 1.63. The summed E-state index contributed by atoms with van der Waals surface area (Å²) in [6, 6.07) is 3.86. The van der Waals surface area contributed by atoms with Gasteiger partial charge in [0.25, 0.3) is 0 Å². The Labute approximate surface area is 76.0 Å². The average molecular weight is 174 g/mol. The molecule has 13 heavy (non-hydrogen) atoms. The van der Waals surface area contributed by atoms with Gasteiger partial charge in [-0.1, -0.05) is 0 Å². The summed E-state index contributed by atoms with van der Waals surface area (Å²) in [7, 11) is 1.85. The van der Waals surface area contributed by atoms with E-state index in [2.05, 4.69) is 4.98 Å². The molecule has 0 saturated carbocycles. The SMILES string of the molecule is Cc1c(C=O)n(C)c2ncccc12. The molecule has 0 unspecified atom stereocenters. The average Bonchev–Trinajstić information content (AvgIpc) is 2.41. The van der Waals surface area contributed by atoms with Crippen molar-refractivity contribution in [3.63, 3.8) is 0 Å². The van der Waals surface area contributed by atoms with Crippen LogP contribution in [0.3, 0.4) is 0 Å². The standard InChI is InChI=1S/C10H10N2O/c1-7-8-4-3-5-11-10(8)12(2)9(7)6-13/h3-6H,1-2H3. The first kappa shape index (κ1) is 7.98. The van der Waals surface area contributed by atoms with Gasteiger partial charge in [0.05, 0.1) is 5.69 Å². The van der Waals surface area contributed by atoms with E-state index in [0.29, 0.717) is 5.69 Å². The van der Waals surface area contributed by atoms with Crippen molar-refractivity contribution in [3.05, 3.63) is 29.6 Å². The van der Waals surface area contributed by atoms with E-state index in [1.165, 1.54) is 0 Å². The summed E-state index contributed by atoms with van der Waals surface area (Å²) >= 11 is 0. The van der Waals surface area contributed by atoms with E-state index in [-0.39, 0.29) is 0 Å². The molecular formula is C10H10N2O. The molecule has 0 aliphatic rings. The molecule has 66 valence electrons. The number of aryl methyl sites for hydroxylation is 2. The van der Waals surface area contributed by atoms with Crippen molar-refractivity contribution in [3.8, 4) is 0 Å². The van der Waals surface area contributed by atoms with Gasteiger partial charge in [-0.05, 0) is 24.6 Å². The summed E-state index contributed by atoms with van der Waals surface area (Å²) in [5, 5.41) is 1.05. The second-order valence-electron chi connectivity index (χ2n) is 3.06. The first-order valence-corrected chi connectivity index (χ1v) is 4.11. The van der Waals surface area contributed by atoms with Crippen molar-refractivity contribution in [2.45, 2.75) is 6.92 Å². The van der Waals surface area contributed by atoms with Crippen molar-refractivity contribution in [2.75, 3.05) is 0 Å². The van der Waals surface area contributed by atoms with Gasteiger partial charge in [0, 0.05) is 18.6 Å². The molecule has 2 heterocycles. The van der Waals surface area contributed by atoms with Gasteiger partial charge >= 0.3 is 0 Å². The van der Waals surface area contributed by atoms with Gasteiger partial charge < -0.3 is 4.57 Å². The minimum absolute atomic E-state index is 0.703. The van der Waals surface area contributed by atoms with Gasteiger partial charge in [-0.15, -0.1) is 0 Å². The third kappa shape index (κ3) is 0.967. The van der Waals surface area contributed by atoms with Crippen LogP contribution in [0.25, 0.3) is 11.0 Å². The lowest BCUT2D eigenvalue weighted by molar-refractivity contribution is 0.111. The van der Waals surface area contributed by atoms with E-state index in [0.717, 1.165) is 22.9 Å². The van der Waals surface area contributed by atoms with Crippen molar-refractivity contribution in [1.29, 1.82) is 0 Å². The van der Waals surface area contributed by atoms with Gasteiger partial charge in [-0.3, -0.25) is 4.79 Å². The topological polar surface area (TPSA) is 34.9 Å². The molecule has 0 amide bonds. The van der Waals surface area contributed by atoms with E-state index in [4.69, 9.17) is 0 Å². The van der Waals surface area contributed by atoms with Crippen molar-refractivity contribution < 1.29 is 4.79 Å². The zero-order chi connectivity index (χ0) is 9.42. The van der Waals surface area contributed by atoms with Crippen LogP contribution in [0.5, 0.6) is 0 Å². The number of hydrogen-bond acceptors (Lipinski definition) is 2. The fourth-order valence-corrected chi connectivity index (χ4v) is 1.63. The van der Waals surface area contributed by atoms with Crippen LogP contribution in [0, 0.1) is 6.92 Å². The van der Waals surface area contributed by atoms with Gasteiger partial charge in [-0.2, -0.15) is 0 Å². The first-order chi connectivity index (χ1) is 6.25. The molecule has 2 rings (SSSR count). The molecule has 0 aliphatic carbocycles. The molecular weight excluding hydrogens is 164 g/mol. The van der Waals surface area contributed by atoms with Crippen molar-refractivity contribution >= 4 is 17.3 Å². The highest BCUT2D eigenvalue weighted by molar-refractivity contribution is 5.90. The quantitative estimate of drug-likeness (QED) is 0.617. The Hall–Kier alpha value is -1.64. The molecule has 0 N–H and O–H groups in total. The fraction of sp³-hybridized carbons (Fsp3) is 0.200. The maximum atomic E-state index is 10.8. The zero-order valence-electron chi connectivity index (χ0n) is 7.61. The Bertz CT molecular complexity index is 432. The summed E-state index contributed by atoms with van der Waals surface area (Å²) in [4.78, 5) is 15.0. The highest BCUT2D eigenvalue weighted by atomic mass is 16.1. The molecule has 3 heteroatoms. The number of aromatic nitrogens is 2. The molecule has 0 atom stereocenters. The molecule has 0 fully saturated rings. The van der Waals surface area contributed by atoms with E-state index in [1.807, 2.05) is 30.7 Å². The Morgan fingerprint density at radius 1 is 1.54 bits per heavy atom. The van der Waals surface area contributed by atoms with Gasteiger partial charge in [0.15, 0.2) is 6.29 Å².